The summed E-state index contributed by atoms with van der Waals surface area (Å²) >= 11 is 5.85. The number of anilines is 1. The number of cyclic esters (lactones) is 1. The summed E-state index contributed by atoms with van der Waals surface area (Å²) < 4.78 is 11.4. The van der Waals surface area contributed by atoms with E-state index in [1.807, 2.05) is 19.9 Å². The van der Waals surface area contributed by atoms with E-state index in [0.29, 0.717) is 44.6 Å². The Morgan fingerprint density at radius 3 is 2.70 bits per heavy atom. The van der Waals surface area contributed by atoms with E-state index in [1.54, 1.807) is 42.5 Å². The maximum Gasteiger partial charge on any atom is 0.416 e. The minimum absolute atomic E-state index is 0.156. The Hall–Kier alpha value is -4.42. The predicted molar refractivity (Wildman–Crippen MR) is 139 cm³/mol. The minimum atomic E-state index is -0.527. The lowest BCUT2D eigenvalue weighted by molar-refractivity contribution is 0.0916. The number of hydrogen-bond acceptors (Lipinski definition) is 6. The van der Waals surface area contributed by atoms with Gasteiger partial charge in [0.15, 0.2) is 11.3 Å². The number of ether oxygens (including phenoxy) is 1. The van der Waals surface area contributed by atoms with Crippen molar-refractivity contribution >= 4 is 46.2 Å². The molecule has 186 valence electrons. The van der Waals surface area contributed by atoms with Gasteiger partial charge in [0, 0.05) is 17.3 Å². The highest BCUT2D eigenvalue weighted by Crippen LogP contribution is 2.34. The quantitative estimate of drug-likeness (QED) is 0.317. The fraction of sp³-hybridized carbons (Fsp3) is 0.222. The van der Waals surface area contributed by atoms with Crippen molar-refractivity contribution in [2.75, 3.05) is 18.0 Å². The Kier molecular flexibility index (Phi) is 6.51. The molecule has 1 fully saturated rings. The third-order valence-corrected chi connectivity index (χ3v) is 6.22. The number of carbonyl (C=O) groups excluding carboxylic acids is 2. The lowest BCUT2D eigenvalue weighted by Gasteiger charge is -2.12. The molecule has 1 saturated heterocycles. The summed E-state index contributed by atoms with van der Waals surface area (Å²) in [7, 11) is 0. The molecule has 2 amide bonds. The number of oxazole rings is 1. The van der Waals surface area contributed by atoms with E-state index < -0.39 is 12.2 Å². The first-order chi connectivity index (χ1) is 17.8. The van der Waals surface area contributed by atoms with Crippen molar-refractivity contribution in [1.29, 1.82) is 0 Å². The van der Waals surface area contributed by atoms with E-state index in [-0.39, 0.29) is 24.9 Å². The summed E-state index contributed by atoms with van der Waals surface area (Å²) in [6.07, 6.45) is 0.418. The second-order valence-corrected chi connectivity index (χ2v) is 9.34. The minimum Gasteiger partial charge on any atom is -0.442 e. The van der Waals surface area contributed by atoms with Crippen molar-refractivity contribution in [3.63, 3.8) is 0 Å². The van der Waals surface area contributed by atoms with Gasteiger partial charge in [-0.25, -0.2) is 19.6 Å². The smallest absolute Gasteiger partial charge is 0.416 e. The molecule has 0 saturated carbocycles. The second-order valence-electron chi connectivity index (χ2n) is 8.91. The second kappa shape index (κ2) is 9.91. The molecule has 4 aromatic rings. The number of fused-ring (bicyclic) bond motifs is 1. The van der Waals surface area contributed by atoms with Gasteiger partial charge in [0.25, 0.3) is 5.91 Å². The summed E-state index contributed by atoms with van der Waals surface area (Å²) in [6, 6.07) is 13.7. The van der Waals surface area contributed by atoms with Gasteiger partial charge >= 0.3 is 6.09 Å². The highest BCUT2D eigenvalue weighted by molar-refractivity contribution is 6.30. The number of benzene rings is 2. The number of aromatic nitrogens is 2. The molecule has 1 atom stereocenters. The number of rotatable bonds is 6. The molecule has 0 aliphatic carbocycles. The van der Waals surface area contributed by atoms with Gasteiger partial charge in [-0.3, -0.25) is 9.69 Å². The van der Waals surface area contributed by atoms with E-state index in [9.17, 15) is 9.59 Å². The number of halogens is 1. The first-order valence-electron chi connectivity index (χ1n) is 11.6. The lowest BCUT2D eigenvalue weighted by atomic mass is 10.0. The molecule has 1 N–H and O–H groups in total. The largest absolute Gasteiger partial charge is 0.442 e. The highest BCUT2D eigenvalue weighted by atomic mass is 35.5. The highest BCUT2D eigenvalue weighted by Gasteiger charge is 2.33. The topological polar surface area (TPSA) is 102 Å². The first kappa shape index (κ1) is 24.3. The number of amides is 2. The molecule has 9 nitrogen and oxygen atoms in total. The van der Waals surface area contributed by atoms with E-state index in [0.717, 1.165) is 5.56 Å². The van der Waals surface area contributed by atoms with Crippen molar-refractivity contribution in [1.82, 2.24) is 15.3 Å². The molecular weight excluding hydrogens is 494 g/mol. The van der Waals surface area contributed by atoms with E-state index in [1.165, 1.54) is 11.1 Å². The molecular formula is C27H22ClN5O4. The standard InChI is InChI=1S/C27H22ClN5O4/c1-15(2)21-10-19(29-3)11-22-24(21)37-26(32-22)17-6-4-16(5-7-17)25(34)31-13-20-14-33(27(35)36-20)23-9-8-18(28)12-30-23/h4-12,15,20H,13-14H2,1-2H3,(H,31,34)/t20-/m0/s1. The maximum absolute atomic E-state index is 12.7. The molecule has 2 aromatic heterocycles. The maximum atomic E-state index is 12.7. The number of nitrogens with one attached hydrogen (secondary N) is 1. The van der Waals surface area contributed by atoms with E-state index >= 15 is 0 Å². The van der Waals surface area contributed by atoms with Gasteiger partial charge in [0.1, 0.15) is 11.9 Å². The summed E-state index contributed by atoms with van der Waals surface area (Å²) in [4.78, 5) is 38.5. The molecule has 5 rings (SSSR count). The Morgan fingerprint density at radius 2 is 2.03 bits per heavy atom. The zero-order valence-corrected chi connectivity index (χ0v) is 20.8. The fourth-order valence-electron chi connectivity index (χ4n) is 4.08. The van der Waals surface area contributed by atoms with Gasteiger partial charge in [-0.05, 0) is 60.0 Å². The van der Waals surface area contributed by atoms with Crippen LogP contribution >= 0.6 is 11.6 Å². The van der Waals surface area contributed by atoms with E-state index in [4.69, 9.17) is 27.3 Å². The number of carbonyl (C=O) groups is 2. The Labute approximate surface area is 217 Å². The van der Waals surface area contributed by atoms with Gasteiger partial charge in [0.05, 0.1) is 30.2 Å². The van der Waals surface area contributed by atoms with Gasteiger partial charge < -0.3 is 14.5 Å². The van der Waals surface area contributed by atoms with Crippen molar-refractivity contribution < 1.29 is 18.7 Å². The lowest BCUT2D eigenvalue weighted by Crippen LogP contribution is -2.34. The Bertz CT molecular complexity index is 1520. The Balaban J connectivity index is 1.25. The third-order valence-electron chi connectivity index (χ3n) is 6.00. The molecule has 2 aromatic carbocycles. The van der Waals surface area contributed by atoms with Crippen LogP contribution in [0.25, 0.3) is 27.4 Å². The summed E-state index contributed by atoms with van der Waals surface area (Å²) in [6.45, 7) is 11.8. The molecule has 1 aliphatic rings. The van der Waals surface area contributed by atoms with Crippen LogP contribution in [0.2, 0.25) is 5.02 Å². The number of pyridine rings is 1. The molecule has 1 aliphatic heterocycles. The van der Waals surface area contributed by atoms with Crippen LogP contribution in [0.15, 0.2) is 59.1 Å². The van der Waals surface area contributed by atoms with Gasteiger partial charge in [-0.2, -0.15) is 0 Å². The molecule has 0 radical (unpaired) electrons. The van der Waals surface area contributed by atoms with Gasteiger partial charge in [-0.15, -0.1) is 0 Å². The van der Waals surface area contributed by atoms with Crippen LogP contribution in [0, 0.1) is 6.57 Å². The zero-order valence-electron chi connectivity index (χ0n) is 20.1. The van der Waals surface area contributed by atoms with Crippen LogP contribution in [0.3, 0.4) is 0 Å². The van der Waals surface area contributed by atoms with Crippen molar-refractivity contribution in [2.45, 2.75) is 25.9 Å². The summed E-state index contributed by atoms with van der Waals surface area (Å²) in [5, 5.41) is 3.27. The average Bonchev–Trinajstić information content (AvgIpc) is 3.50. The van der Waals surface area contributed by atoms with Crippen molar-refractivity contribution in [3.8, 4) is 11.5 Å². The fourth-order valence-corrected chi connectivity index (χ4v) is 4.19. The average molecular weight is 516 g/mol. The van der Waals surface area contributed by atoms with Crippen LogP contribution < -0.4 is 10.2 Å². The first-order valence-corrected chi connectivity index (χ1v) is 12.0. The van der Waals surface area contributed by atoms with Crippen LogP contribution in [0.1, 0.15) is 35.7 Å². The molecule has 0 unspecified atom stereocenters. The SMILES string of the molecule is [C-]#[N+]c1cc(C(C)C)c2oc(-c3ccc(C(=O)NC[C@H]4CN(c5ccc(Cl)cn5)C(=O)O4)cc3)nc2c1. The molecule has 37 heavy (non-hydrogen) atoms. The Morgan fingerprint density at radius 1 is 1.24 bits per heavy atom. The number of hydrogen-bond donors (Lipinski definition) is 1. The van der Waals surface area contributed by atoms with Crippen LogP contribution in [-0.2, 0) is 4.74 Å². The van der Waals surface area contributed by atoms with E-state index in [2.05, 4.69) is 20.1 Å². The molecule has 3 heterocycles. The molecule has 0 spiro atoms. The summed E-state index contributed by atoms with van der Waals surface area (Å²) in [5.41, 5.74) is 3.89. The van der Waals surface area contributed by atoms with Gasteiger partial charge in [0.2, 0.25) is 5.89 Å². The van der Waals surface area contributed by atoms with Gasteiger partial charge in [-0.1, -0.05) is 25.4 Å². The molecule has 10 heteroatoms. The zero-order chi connectivity index (χ0) is 26.1. The monoisotopic (exact) mass is 515 g/mol. The van der Waals surface area contributed by atoms with Crippen LogP contribution in [-0.4, -0.2) is 41.2 Å². The number of nitrogens with zero attached hydrogens (tertiary/aromatic N) is 4. The summed E-state index contributed by atoms with van der Waals surface area (Å²) in [5.74, 6) is 0.723. The third kappa shape index (κ3) is 4.97. The molecule has 0 bridgehead atoms. The van der Waals surface area contributed by atoms with Crippen LogP contribution in [0.5, 0.6) is 0 Å². The van der Waals surface area contributed by atoms with Crippen molar-refractivity contribution in [3.05, 3.63) is 82.3 Å². The van der Waals surface area contributed by atoms with Crippen molar-refractivity contribution in [2.24, 2.45) is 0 Å². The normalized spacial score (nSPS) is 15.2. The van der Waals surface area contributed by atoms with Crippen LogP contribution in [0.4, 0.5) is 16.3 Å². The predicted octanol–water partition coefficient (Wildman–Crippen LogP) is 5.97.